The highest BCUT2D eigenvalue weighted by atomic mass is 35.5. The number of likely N-dealkylation sites (tertiary alicyclic amines) is 1. The number of allylic oxidation sites excluding steroid dienone is 1. The van der Waals surface area contributed by atoms with Crippen molar-refractivity contribution >= 4 is 23.4 Å². The summed E-state index contributed by atoms with van der Waals surface area (Å²) < 4.78 is 0. The van der Waals surface area contributed by atoms with Gasteiger partial charge < -0.3 is 0 Å². The Balaban J connectivity index is 2.49. The molecule has 0 atom stereocenters. The van der Waals surface area contributed by atoms with Crippen LogP contribution in [0.3, 0.4) is 0 Å². The van der Waals surface area contributed by atoms with E-state index in [-0.39, 0.29) is 11.8 Å². The Kier molecular flexibility index (Phi) is 3.96. The molecule has 0 spiro atoms. The van der Waals surface area contributed by atoms with Crippen molar-refractivity contribution in [1.29, 1.82) is 0 Å². The highest BCUT2D eigenvalue weighted by Crippen LogP contribution is 2.11. The van der Waals surface area contributed by atoms with E-state index in [1.807, 2.05) is 0 Å². The van der Waals surface area contributed by atoms with E-state index < -0.39 is 0 Å². The minimum atomic E-state index is -0.0736. The van der Waals surface area contributed by atoms with Crippen LogP contribution in [0.2, 0.25) is 0 Å². The van der Waals surface area contributed by atoms with Gasteiger partial charge in [-0.1, -0.05) is 12.2 Å². The van der Waals surface area contributed by atoms with Crippen LogP contribution >= 0.6 is 11.6 Å². The van der Waals surface area contributed by atoms with E-state index in [1.54, 1.807) is 12.2 Å². The maximum atomic E-state index is 11.2. The molecule has 2 amide bonds. The molecule has 1 saturated heterocycles. The van der Waals surface area contributed by atoms with Crippen molar-refractivity contribution in [2.75, 3.05) is 12.4 Å². The Morgan fingerprint density at radius 3 is 2.38 bits per heavy atom. The smallest absolute Gasteiger partial charge is 0.229 e. The van der Waals surface area contributed by atoms with Crippen LogP contribution in [0.4, 0.5) is 0 Å². The molecule has 3 nitrogen and oxygen atoms in total. The minimum absolute atomic E-state index is 0.0736. The van der Waals surface area contributed by atoms with Crippen molar-refractivity contribution < 1.29 is 9.59 Å². The first-order chi connectivity index (χ1) is 6.25. The van der Waals surface area contributed by atoms with Gasteiger partial charge in [-0.3, -0.25) is 14.5 Å². The van der Waals surface area contributed by atoms with Crippen molar-refractivity contribution in [3.8, 4) is 0 Å². The zero-order chi connectivity index (χ0) is 9.68. The Morgan fingerprint density at radius 2 is 1.85 bits per heavy atom. The van der Waals surface area contributed by atoms with Gasteiger partial charge in [0.25, 0.3) is 0 Å². The van der Waals surface area contributed by atoms with Crippen molar-refractivity contribution in [3.05, 3.63) is 12.2 Å². The number of piperidine rings is 1. The van der Waals surface area contributed by atoms with Gasteiger partial charge in [-0.2, -0.15) is 0 Å². The van der Waals surface area contributed by atoms with Crippen LogP contribution in [0.25, 0.3) is 0 Å². The van der Waals surface area contributed by atoms with Gasteiger partial charge in [0, 0.05) is 25.3 Å². The molecule has 0 N–H and O–H groups in total. The molecule has 0 aliphatic carbocycles. The van der Waals surface area contributed by atoms with E-state index in [4.69, 9.17) is 11.6 Å². The number of alkyl halides is 1. The summed E-state index contributed by atoms with van der Waals surface area (Å²) in [6.07, 6.45) is 5.14. The molecule has 0 radical (unpaired) electrons. The number of imide groups is 1. The normalized spacial score (nSPS) is 18.7. The van der Waals surface area contributed by atoms with Gasteiger partial charge in [-0.05, 0) is 6.42 Å². The number of carbonyl (C=O) groups is 2. The number of nitrogens with zero attached hydrogens (tertiary/aromatic N) is 1. The van der Waals surface area contributed by atoms with E-state index in [9.17, 15) is 9.59 Å². The van der Waals surface area contributed by atoms with E-state index in [2.05, 4.69) is 0 Å². The number of carbonyl (C=O) groups excluding carboxylic acids is 2. The number of rotatable bonds is 3. The molecule has 1 aliphatic rings. The summed E-state index contributed by atoms with van der Waals surface area (Å²) in [5, 5.41) is 0. The fourth-order valence-electron chi connectivity index (χ4n) is 1.25. The topological polar surface area (TPSA) is 37.4 Å². The summed E-state index contributed by atoms with van der Waals surface area (Å²) in [4.78, 5) is 23.8. The van der Waals surface area contributed by atoms with Crippen LogP contribution < -0.4 is 0 Å². The largest absolute Gasteiger partial charge is 0.279 e. The minimum Gasteiger partial charge on any atom is -0.279 e. The molecule has 0 bridgehead atoms. The van der Waals surface area contributed by atoms with Crippen LogP contribution in [0, 0.1) is 0 Å². The van der Waals surface area contributed by atoms with Crippen LogP contribution in [-0.2, 0) is 9.59 Å². The number of amides is 2. The van der Waals surface area contributed by atoms with Gasteiger partial charge in [-0.15, -0.1) is 11.6 Å². The summed E-state index contributed by atoms with van der Waals surface area (Å²) in [6.45, 7) is 0.365. The van der Waals surface area contributed by atoms with Crippen molar-refractivity contribution in [1.82, 2.24) is 4.90 Å². The van der Waals surface area contributed by atoms with Gasteiger partial charge in [0.2, 0.25) is 11.8 Å². The molecule has 1 rings (SSSR count). The standard InChI is InChI=1S/C9H12ClNO2/c10-6-1-2-7-11-8(12)4-3-5-9(11)13/h1-2H,3-7H2. The molecule has 1 heterocycles. The molecular formula is C9H12ClNO2. The monoisotopic (exact) mass is 201 g/mol. The van der Waals surface area contributed by atoms with E-state index >= 15 is 0 Å². The molecule has 72 valence electrons. The fourth-order valence-corrected chi connectivity index (χ4v) is 1.37. The SMILES string of the molecule is O=C1CCCC(=O)N1CC=CCCl. The predicted molar refractivity (Wildman–Crippen MR) is 50.4 cm³/mol. The quantitative estimate of drug-likeness (QED) is 0.392. The summed E-state index contributed by atoms with van der Waals surface area (Å²) in [5.41, 5.74) is 0. The number of halogens is 1. The molecule has 4 heteroatoms. The van der Waals surface area contributed by atoms with Gasteiger partial charge in [0.15, 0.2) is 0 Å². The van der Waals surface area contributed by atoms with Crippen LogP contribution in [0.5, 0.6) is 0 Å². The van der Waals surface area contributed by atoms with Crippen LogP contribution in [-0.4, -0.2) is 29.1 Å². The third kappa shape index (κ3) is 2.84. The van der Waals surface area contributed by atoms with Crippen LogP contribution in [0.1, 0.15) is 19.3 Å². The number of hydrogen-bond donors (Lipinski definition) is 0. The number of hydrogen-bond acceptors (Lipinski definition) is 2. The second-order valence-corrected chi connectivity index (χ2v) is 3.19. The lowest BCUT2D eigenvalue weighted by Gasteiger charge is -2.23. The Labute approximate surface area is 82.3 Å². The van der Waals surface area contributed by atoms with Gasteiger partial charge >= 0.3 is 0 Å². The van der Waals surface area contributed by atoms with Gasteiger partial charge in [0.05, 0.1) is 0 Å². The van der Waals surface area contributed by atoms with Crippen molar-refractivity contribution in [2.24, 2.45) is 0 Å². The van der Waals surface area contributed by atoms with Gasteiger partial charge in [0.1, 0.15) is 0 Å². The van der Waals surface area contributed by atoms with E-state index in [1.165, 1.54) is 4.90 Å². The first kappa shape index (κ1) is 10.3. The molecule has 0 unspecified atom stereocenters. The maximum absolute atomic E-state index is 11.2. The third-order valence-electron chi connectivity index (χ3n) is 1.93. The first-order valence-corrected chi connectivity index (χ1v) is 4.83. The molecule has 1 fully saturated rings. The Bertz CT molecular complexity index is 222. The second-order valence-electron chi connectivity index (χ2n) is 2.88. The average molecular weight is 202 g/mol. The molecule has 0 aromatic rings. The Morgan fingerprint density at radius 1 is 1.23 bits per heavy atom. The van der Waals surface area contributed by atoms with Crippen molar-refractivity contribution in [2.45, 2.75) is 19.3 Å². The maximum Gasteiger partial charge on any atom is 0.229 e. The second kappa shape index (κ2) is 5.02. The summed E-state index contributed by atoms with van der Waals surface area (Å²) >= 11 is 5.42. The molecule has 0 saturated carbocycles. The lowest BCUT2D eigenvalue weighted by Crippen LogP contribution is -2.40. The predicted octanol–water partition coefficient (Wildman–Crippen LogP) is 1.32. The summed E-state index contributed by atoms with van der Waals surface area (Å²) in [7, 11) is 0. The lowest BCUT2D eigenvalue weighted by molar-refractivity contribution is -0.147. The summed E-state index contributed by atoms with van der Waals surface area (Å²) in [5.74, 6) is 0.266. The molecule has 13 heavy (non-hydrogen) atoms. The average Bonchev–Trinajstić information content (AvgIpc) is 2.10. The zero-order valence-electron chi connectivity index (χ0n) is 7.33. The van der Waals surface area contributed by atoms with Crippen LogP contribution in [0.15, 0.2) is 12.2 Å². The Hall–Kier alpha value is -0.830. The first-order valence-electron chi connectivity index (χ1n) is 4.30. The molecule has 0 aromatic heterocycles. The zero-order valence-corrected chi connectivity index (χ0v) is 8.09. The highest BCUT2D eigenvalue weighted by Gasteiger charge is 2.24. The van der Waals surface area contributed by atoms with E-state index in [0.29, 0.717) is 31.7 Å². The fraction of sp³-hybridized carbons (Fsp3) is 0.556. The lowest BCUT2D eigenvalue weighted by atomic mass is 10.1. The molecular weight excluding hydrogens is 190 g/mol. The molecule has 1 aliphatic heterocycles. The van der Waals surface area contributed by atoms with Crippen molar-refractivity contribution in [3.63, 3.8) is 0 Å². The third-order valence-corrected chi connectivity index (χ3v) is 2.11. The highest BCUT2D eigenvalue weighted by molar-refractivity contribution is 6.18. The summed E-state index contributed by atoms with van der Waals surface area (Å²) in [6, 6.07) is 0. The molecule has 0 aromatic carbocycles. The van der Waals surface area contributed by atoms with E-state index in [0.717, 1.165) is 0 Å². The van der Waals surface area contributed by atoms with Gasteiger partial charge in [-0.25, -0.2) is 0 Å².